The minimum absolute atomic E-state index is 0.0483. The van der Waals surface area contributed by atoms with Crippen molar-refractivity contribution in [2.24, 2.45) is 0 Å². The first-order chi connectivity index (χ1) is 14.3. The van der Waals surface area contributed by atoms with Gasteiger partial charge in [-0.2, -0.15) is 0 Å². The predicted octanol–water partition coefficient (Wildman–Crippen LogP) is -0.230. The molecule has 0 aromatic heterocycles. The quantitative estimate of drug-likeness (QED) is 0.342. The van der Waals surface area contributed by atoms with Crippen LogP contribution in [0.1, 0.15) is 12.0 Å². The fraction of sp³-hybridized carbons (Fsp3) is 0.421. The Hall–Kier alpha value is -3.63. The largest absolute Gasteiger partial charge is 0.469 e. The lowest BCUT2D eigenvalue weighted by molar-refractivity contribution is -0.179. The number of methoxy groups -OCH3 is 3. The second-order valence-electron chi connectivity index (χ2n) is 6.22. The molecule has 11 heteroatoms. The first-order valence-electron chi connectivity index (χ1n) is 8.85. The van der Waals surface area contributed by atoms with Crippen LogP contribution in [0.4, 0.5) is 4.79 Å². The maximum Gasteiger partial charge on any atom is 0.408 e. The number of alkyl carbamates (subject to hydrolysis) is 1. The lowest BCUT2D eigenvalue weighted by Crippen LogP contribution is -2.76. The maximum atomic E-state index is 12.6. The van der Waals surface area contributed by atoms with Crippen LogP contribution in [0.3, 0.4) is 0 Å². The Kier molecular flexibility index (Phi) is 7.73. The number of likely N-dealkylation sites (tertiary alicyclic amines) is 1. The van der Waals surface area contributed by atoms with Crippen LogP contribution in [-0.4, -0.2) is 74.3 Å². The van der Waals surface area contributed by atoms with Crippen molar-refractivity contribution in [1.29, 1.82) is 0 Å². The molecule has 1 aliphatic heterocycles. The van der Waals surface area contributed by atoms with Gasteiger partial charge in [0.25, 0.3) is 0 Å². The Morgan fingerprint density at radius 3 is 2.27 bits per heavy atom. The normalized spacial score (nSPS) is 18.5. The molecule has 30 heavy (non-hydrogen) atoms. The molecule has 0 saturated carbocycles. The van der Waals surface area contributed by atoms with E-state index in [2.05, 4.69) is 19.5 Å². The number of hydrogen-bond acceptors (Lipinski definition) is 9. The molecule has 1 aliphatic rings. The summed E-state index contributed by atoms with van der Waals surface area (Å²) in [6.45, 7) is -0.0483. The van der Waals surface area contributed by atoms with Crippen molar-refractivity contribution in [2.75, 3.05) is 21.3 Å². The molecule has 1 N–H and O–H groups in total. The van der Waals surface area contributed by atoms with Crippen LogP contribution in [0.25, 0.3) is 0 Å². The highest BCUT2D eigenvalue weighted by molar-refractivity contribution is 6.04. The zero-order valence-corrected chi connectivity index (χ0v) is 16.7. The molecule has 0 bridgehead atoms. The molecule has 162 valence electrons. The topological polar surface area (TPSA) is 138 Å². The summed E-state index contributed by atoms with van der Waals surface area (Å²) >= 11 is 0. The van der Waals surface area contributed by atoms with Crippen LogP contribution in [0, 0.1) is 0 Å². The SMILES string of the molecule is COC(=O)C[C@H](C(=O)OC)N1C(=O)[C@@H](NC(=O)OCc2ccccc2)[C@@H]1C(=O)OC. The van der Waals surface area contributed by atoms with Crippen LogP contribution in [-0.2, 0) is 44.7 Å². The summed E-state index contributed by atoms with van der Waals surface area (Å²) in [4.78, 5) is 61.5. The Morgan fingerprint density at radius 2 is 1.70 bits per heavy atom. The van der Waals surface area contributed by atoms with E-state index in [1.807, 2.05) is 0 Å². The monoisotopic (exact) mass is 422 g/mol. The number of benzene rings is 1. The number of carbonyl (C=O) groups is 5. The number of rotatable bonds is 8. The second-order valence-corrected chi connectivity index (χ2v) is 6.22. The predicted molar refractivity (Wildman–Crippen MR) is 98.6 cm³/mol. The van der Waals surface area contributed by atoms with Crippen molar-refractivity contribution in [3.8, 4) is 0 Å². The van der Waals surface area contributed by atoms with Gasteiger partial charge in [0.15, 0.2) is 6.04 Å². The second kappa shape index (κ2) is 10.2. The minimum Gasteiger partial charge on any atom is -0.469 e. The summed E-state index contributed by atoms with van der Waals surface area (Å²) in [5.41, 5.74) is 0.725. The van der Waals surface area contributed by atoms with Crippen LogP contribution in [0.5, 0.6) is 0 Å². The fourth-order valence-electron chi connectivity index (χ4n) is 2.93. The molecule has 1 aromatic rings. The standard InChI is InChI=1S/C19H22N2O9/c1-27-13(22)9-12(17(24)28-2)21-15(18(25)29-3)14(16(21)23)20-19(26)30-10-11-7-5-4-6-8-11/h4-8,12,14-15H,9-10H2,1-3H3,(H,20,26)/t12-,14+,15-/m1/s1. The third kappa shape index (κ3) is 5.04. The number of esters is 3. The van der Waals surface area contributed by atoms with Gasteiger partial charge in [-0.25, -0.2) is 14.4 Å². The summed E-state index contributed by atoms with van der Waals surface area (Å²) in [7, 11) is 3.27. The maximum absolute atomic E-state index is 12.6. The number of nitrogens with zero attached hydrogens (tertiary/aromatic N) is 1. The third-order valence-electron chi connectivity index (χ3n) is 4.46. The number of β-lactam (4-membered cyclic amide) rings is 1. The lowest BCUT2D eigenvalue weighted by atomic mass is 9.91. The van der Waals surface area contributed by atoms with Crippen LogP contribution in [0.2, 0.25) is 0 Å². The first-order valence-corrected chi connectivity index (χ1v) is 8.85. The van der Waals surface area contributed by atoms with Crippen molar-refractivity contribution < 1.29 is 42.9 Å². The van der Waals surface area contributed by atoms with Crippen molar-refractivity contribution >= 4 is 29.9 Å². The lowest BCUT2D eigenvalue weighted by Gasteiger charge is -2.47. The highest BCUT2D eigenvalue weighted by atomic mass is 16.6. The highest BCUT2D eigenvalue weighted by Gasteiger charge is 2.58. The third-order valence-corrected chi connectivity index (χ3v) is 4.46. The van der Waals surface area contributed by atoms with Gasteiger partial charge in [-0.05, 0) is 5.56 Å². The van der Waals surface area contributed by atoms with E-state index in [1.54, 1.807) is 30.3 Å². The molecule has 2 amide bonds. The Balaban J connectivity index is 2.11. The van der Waals surface area contributed by atoms with Gasteiger partial charge in [0.2, 0.25) is 5.91 Å². The van der Waals surface area contributed by atoms with E-state index >= 15 is 0 Å². The van der Waals surface area contributed by atoms with Gasteiger partial charge in [-0.1, -0.05) is 30.3 Å². The molecule has 0 spiro atoms. The Bertz CT molecular complexity index is 811. The Morgan fingerprint density at radius 1 is 1.03 bits per heavy atom. The molecule has 0 unspecified atom stereocenters. The average Bonchev–Trinajstić information content (AvgIpc) is 2.77. The van der Waals surface area contributed by atoms with E-state index < -0.39 is 54.5 Å². The van der Waals surface area contributed by atoms with E-state index in [4.69, 9.17) is 4.74 Å². The smallest absolute Gasteiger partial charge is 0.408 e. The van der Waals surface area contributed by atoms with Crippen molar-refractivity contribution in [2.45, 2.75) is 31.2 Å². The zero-order valence-electron chi connectivity index (χ0n) is 16.7. The van der Waals surface area contributed by atoms with Crippen molar-refractivity contribution in [3.05, 3.63) is 35.9 Å². The van der Waals surface area contributed by atoms with Crippen molar-refractivity contribution in [1.82, 2.24) is 10.2 Å². The number of nitrogens with one attached hydrogen (secondary N) is 1. The molecule has 1 saturated heterocycles. The van der Waals surface area contributed by atoms with E-state index in [1.165, 1.54) is 0 Å². The van der Waals surface area contributed by atoms with Gasteiger partial charge in [0.1, 0.15) is 18.7 Å². The first kappa shape index (κ1) is 22.7. The molecule has 11 nitrogen and oxygen atoms in total. The van der Waals surface area contributed by atoms with Gasteiger partial charge in [-0.15, -0.1) is 0 Å². The Labute approximate surface area is 172 Å². The fourth-order valence-corrected chi connectivity index (χ4v) is 2.93. The van der Waals surface area contributed by atoms with Crippen LogP contribution in [0.15, 0.2) is 30.3 Å². The summed E-state index contributed by atoms with van der Waals surface area (Å²) in [6, 6.07) is 4.74. The molecule has 1 aromatic carbocycles. The van der Waals surface area contributed by atoms with Gasteiger partial charge in [-0.3, -0.25) is 9.59 Å². The van der Waals surface area contributed by atoms with Crippen LogP contribution >= 0.6 is 0 Å². The molecule has 1 heterocycles. The number of ether oxygens (including phenoxy) is 4. The zero-order chi connectivity index (χ0) is 22.3. The van der Waals surface area contributed by atoms with E-state index in [9.17, 15) is 24.0 Å². The van der Waals surface area contributed by atoms with E-state index in [-0.39, 0.29) is 6.61 Å². The molecule has 0 radical (unpaired) electrons. The summed E-state index contributed by atoms with van der Waals surface area (Å²) < 4.78 is 18.9. The number of carbonyl (C=O) groups excluding carboxylic acids is 5. The van der Waals surface area contributed by atoms with Gasteiger partial charge in [0, 0.05) is 0 Å². The molecule has 2 rings (SSSR count). The molecule has 0 aliphatic carbocycles. The summed E-state index contributed by atoms with van der Waals surface area (Å²) in [5.74, 6) is -3.38. The average molecular weight is 422 g/mol. The van der Waals surface area contributed by atoms with Gasteiger partial charge < -0.3 is 29.2 Å². The molecule has 3 atom stereocenters. The number of hydrogen-bond donors (Lipinski definition) is 1. The molecular formula is C19H22N2O9. The van der Waals surface area contributed by atoms with Gasteiger partial charge in [0.05, 0.1) is 27.8 Å². The van der Waals surface area contributed by atoms with E-state index in [0.29, 0.717) is 0 Å². The molecular weight excluding hydrogens is 400 g/mol. The van der Waals surface area contributed by atoms with Crippen LogP contribution < -0.4 is 5.32 Å². The molecule has 1 fully saturated rings. The highest BCUT2D eigenvalue weighted by Crippen LogP contribution is 2.27. The summed E-state index contributed by atoms with van der Waals surface area (Å²) in [6.07, 6.45) is -1.47. The van der Waals surface area contributed by atoms with E-state index in [0.717, 1.165) is 31.8 Å². The van der Waals surface area contributed by atoms with Gasteiger partial charge >= 0.3 is 24.0 Å². The van der Waals surface area contributed by atoms with Crippen molar-refractivity contribution in [3.63, 3.8) is 0 Å². The number of amides is 2. The summed E-state index contributed by atoms with van der Waals surface area (Å²) in [5, 5.41) is 2.29. The minimum atomic E-state index is -1.42.